The fraction of sp³-hybridized carbons (Fsp3) is 0.278. The molecule has 0 aliphatic carbocycles. The number of benzene rings is 2. The van der Waals surface area contributed by atoms with Crippen molar-refractivity contribution >= 4 is 33.2 Å². The average molecular weight is 670 g/mol. The number of nitrogens with zero attached hydrogens (tertiary/aromatic N) is 5. The third kappa shape index (κ3) is 5.34. The van der Waals surface area contributed by atoms with E-state index in [9.17, 15) is 14.0 Å². The first-order chi connectivity index (χ1) is 23.2. The van der Waals surface area contributed by atoms with Gasteiger partial charge in [0.05, 0.1) is 36.1 Å². The number of thiophene rings is 1. The fourth-order valence-electron chi connectivity index (χ4n) is 6.58. The zero-order chi connectivity index (χ0) is 33.7. The maximum absolute atomic E-state index is 16.1. The number of fused-ring (bicyclic) bond motifs is 3. The van der Waals surface area contributed by atoms with Crippen LogP contribution in [-0.4, -0.2) is 76.8 Å². The number of hydrogen-bond acceptors (Lipinski definition) is 7. The van der Waals surface area contributed by atoms with E-state index >= 15 is 4.39 Å². The van der Waals surface area contributed by atoms with Crippen LogP contribution in [0.3, 0.4) is 0 Å². The molecule has 5 aromatic rings. The number of aromatic nitrogens is 3. The summed E-state index contributed by atoms with van der Waals surface area (Å²) in [7, 11) is 3.30. The van der Waals surface area contributed by atoms with Crippen molar-refractivity contribution in [2.75, 3.05) is 40.5 Å². The molecule has 9 nitrogen and oxygen atoms in total. The second kappa shape index (κ2) is 12.6. The lowest BCUT2D eigenvalue weighted by Gasteiger charge is -2.33. The SMILES string of the molecule is C=CC(=O)N1CCn2nc(-c3nc(-c4ccc5c(c4)C(=O)N(C)CC5)c4ccsc4c3-c3c(F)cc(F)cc3OCCOC)cc2[C@H]1C. The van der Waals surface area contributed by atoms with Crippen molar-refractivity contribution in [3.05, 3.63) is 89.0 Å². The zero-order valence-corrected chi connectivity index (χ0v) is 27.6. The highest BCUT2D eigenvalue weighted by molar-refractivity contribution is 7.18. The van der Waals surface area contributed by atoms with E-state index in [1.54, 1.807) is 16.8 Å². The van der Waals surface area contributed by atoms with Gasteiger partial charge in [-0.2, -0.15) is 5.10 Å². The van der Waals surface area contributed by atoms with Gasteiger partial charge in [-0.1, -0.05) is 18.7 Å². The van der Waals surface area contributed by atoms with Gasteiger partial charge in [0, 0.05) is 66.2 Å². The number of amides is 2. The second-order valence-corrected chi connectivity index (χ2v) is 12.8. The molecule has 2 aliphatic heterocycles. The summed E-state index contributed by atoms with van der Waals surface area (Å²) in [4.78, 5) is 34.4. The number of carbonyl (C=O) groups excluding carboxylic acids is 2. The summed E-state index contributed by atoms with van der Waals surface area (Å²) in [6.07, 6.45) is 2.05. The van der Waals surface area contributed by atoms with Crippen LogP contribution in [0.4, 0.5) is 8.78 Å². The van der Waals surface area contributed by atoms with E-state index < -0.39 is 11.6 Å². The third-order valence-corrected chi connectivity index (χ3v) is 9.99. The molecule has 246 valence electrons. The third-order valence-electron chi connectivity index (χ3n) is 9.06. The zero-order valence-electron chi connectivity index (χ0n) is 26.8. The Hall–Kier alpha value is -4.94. The number of rotatable bonds is 8. The van der Waals surface area contributed by atoms with Gasteiger partial charge in [-0.15, -0.1) is 11.3 Å². The number of halogens is 2. The molecule has 0 saturated carbocycles. The van der Waals surface area contributed by atoms with Crippen LogP contribution in [-0.2, 0) is 22.5 Å². The number of hydrogen-bond donors (Lipinski definition) is 0. The van der Waals surface area contributed by atoms with Gasteiger partial charge in [-0.3, -0.25) is 14.3 Å². The van der Waals surface area contributed by atoms with Gasteiger partial charge in [-0.25, -0.2) is 13.8 Å². The Labute approximate surface area is 280 Å². The molecule has 0 unspecified atom stereocenters. The lowest BCUT2D eigenvalue weighted by molar-refractivity contribution is -0.129. The lowest BCUT2D eigenvalue weighted by atomic mass is 9.93. The van der Waals surface area contributed by atoms with Crippen LogP contribution in [0.25, 0.3) is 43.9 Å². The summed E-state index contributed by atoms with van der Waals surface area (Å²) in [6.45, 7) is 7.38. The molecule has 5 heterocycles. The van der Waals surface area contributed by atoms with Crippen molar-refractivity contribution < 1.29 is 27.8 Å². The van der Waals surface area contributed by atoms with Crippen molar-refractivity contribution in [1.82, 2.24) is 24.6 Å². The van der Waals surface area contributed by atoms with Gasteiger partial charge < -0.3 is 19.3 Å². The highest BCUT2D eigenvalue weighted by Gasteiger charge is 2.32. The van der Waals surface area contributed by atoms with Gasteiger partial charge >= 0.3 is 0 Å². The fourth-order valence-corrected chi connectivity index (χ4v) is 7.52. The molecule has 48 heavy (non-hydrogen) atoms. The topological polar surface area (TPSA) is 89.8 Å². The van der Waals surface area contributed by atoms with Gasteiger partial charge in [0.15, 0.2) is 0 Å². The first-order valence-electron chi connectivity index (χ1n) is 15.6. The van der Waals surface area contributed by atoms with Crippen LogP contribution < -0.4 is 4.74 Å². The predicted molar refractivity (Wildman–Crippen MR) is 180 cm³/mol. The Bertz CT molecular complexity index is 2110. The van der Waals surface area contributed by atoms with Crippen LogP contribution in [0.2, 0.25) is 0 Å². The smallest absolute Gasteiger partial charge is 0.253 e. The van der Waals surface area contributed by atoms with Gasteiger partial charge in [0.2, 0.25) is 5.91 Å². The quantitative estimate of drug-likeness (QED) is 0.138. The Balaban J connectivity index is 1.49. The van der Waals surface area contributed by atoms with E-state index in [0.717, 1.165) is 40.8 Å². The summed E-state index contributed by atoms with van der Waals surface area (Å²) in [6, 6.07) is 11.3. The maximum atomic E-state index is 16.1. The standard InChI is InChI=1S/C36H33F2N5O4S/c1-5-30(44)42-11-12-43-28(20(42)2)19-27(40-43)34-32(31-26(38)17-23(37)18-29(31)47-14-13-46-4)35-24(9-15-48-35)33(39-34)22-7-6-21-8-10-41(3)36(45)25(21)16-22/h5-7,9,15-20H,1,8,10-14H2,2-4H3/t20-/m1/s1. The summed E-state index contributed by atoms with van der Waals surface area (Å²) >= 11 is 1.39. The number of pyridine rings is 1. The van der Waals surface area contributed by atoms with Crippen molar-refractivity contribution in [3.63, 3.8) is 0 Å². The van der Waals surface area contributed by atoms with Crippen LogP contribution in [0.15, 0.2) is 60.5 Å². The van der Waals surface area contributed by atoms with E-state index in [2.05, 4.69) is 6.58 Å². The minimum Gasteiger partial charge on any atom is -0.490 e. The molecule has 12 heteroatoms. The summed E-state index contributed by atoms with van der Waals surface area (Å²) < 4.78 is 44.3. The van der Waals surface area contributed by atoms with Crippen molar-refractivity contribution in [2.45, 2.75) is 25.9 Å². The van der Waals surface area contributed by atoms with E-state index in [1.165, 1.54) is 24.5 Å². The summed E-state index contributed by atoms with van der Waals surface area (Å²) in [5, 5.41) is 7.56. The minimum atomic E-state index is -0.810. The van der Waals surface area contributed by atoms with Gasteiger partial charge in [-0.05, 0) is 48.6 Å². The molecule has 0 bridgehead atoms. The number of methoxy groups -OCH3 is 1. The molecular formula is C36H33F2N5O4S. The van der Waals surface area contributed by atoms with E-state index in [1.807, 2.05) is 47.3 Å². The number of likely N-dealkylation sites (N-methyl/N-ethyl adjacent to an activating group) is 1. The van der Waals surface area contributed by atoms with Crippen molar-refractivity contribution in [1.29, 1.82) is 0 Å². The highest BCUT2D eigenvalue weighted by atomic mass is 32.1. The van der Waals surface area contributed by atoms with Crippen molar-refractivity contribution in [2.24, 2.45) is 0 Å². The molecule has 0 N–H and O–H groups in total. The first kappa shape index (κ1) is 31.6. The highest BCUT2D eigenvalue weighted by Crippen LogP contribution is 2.47. The van der Waals surface area contributed by atoms with E-state index in [-0.39, 0.29) is 42.4 Å². The summed E-state index contributed by atoms with van der Waals surface area (Å²) in [5.41, 5.74) is 4.98. The Morgan fingerprint density at radius 2 is 1.92 bits per heavy atom. The Morgan fingerprint density at radius 3 is 2.71 bits per heavy atom. The average Bonchev–Trinajstić information content (AvgIpc) is 3.74. The molecule has 2 amide bonds. The largest absolute Gasteiger partial charge is 0.490 e. The predicted octanol–water partition coefficient (Wildman–Crippen LogP) is 6.51. The molecule has 0 fully saturated rings. The molecule has 1 atom stereocenters. The number of carbonyl (C=O) groups is 2. The van der Waals surface area contributed by atoms with Crippen molar-refractivity contribution in [3.8, 4) is 39.5 Å². The lowest BCUT2D eigenvalue weighted by Crippen LogP contribution is -2.40. The first-order valence-corrected chi connectivity index (χ1v) is 16.5. The minimum absolute atomic E-state index is 0.0116. The van der Waals surface area contributed by atoms with Gasteiger partial charge in [0.25, 0.3) is 5.91 Å². The molecule has 7 rings (SSSR count). The molecule has 2 aliphatic rings. The monoisotopic (exact) mass is 669 g/mol. The number of ether oxygens (including phenoxy) is 2. The summed E-state index contributed by atoms with van der Waals surface area (Å²) in [5.74, 6) is -1.82. The maximum Gasteiger partial charge on any atom is 0.253 e. The Morgan fingerprint density at radius 1 is 1.08 bits per heavy atom. The van der Waals surface area contributed by atoms with Gasteiger partial charge in [0.1, 0.15) is 35.4 Å². The molecule has 0 radical (unpaired) electrons. The normalized spacial score (nSPS) is 15.9. The second-order valence-electron chi connectivity index (χ2n) is 11.9. The molecular weight excluding hydrogens is 636 g/mol. The Kier molecular flexibility index (Phi) is 8.30. The molecule has 2 aromatic carbocycles. The van der Waals surface area contributed by atoms with Crippen LogP contribution in [0, 0.1) is 11.6 Å². The van der Waals surface area contributed by atoms with Crippen LogP contribution in [0.1, 0.15) is 34.6 Å². The van der Waals surface area contributed by atoms with Crippen LogP contribution in [0.5, 0.6) is 5.75 Å². The molecule has 3 aromatic heterocycles. The molecule has 0 saturated heterocycles. The molecule has 0 spiro atoms. The van der Waals surface area contributed by atoms with Crippen LogP contribution >= 0.6 is 11.3 Å². The van der Waals surface area contributed by atoms with E-state index in [0.29, 0.717) is 52.5 Å². The van der Waals surface area contributed by atoms with E-state index in [4.69, 9.17) is 19.6 Å².